The van der Waals surface area contributed by atoms with E-state index in [1.807, 2.05) is 0 Å². The summed E-state index contributed by atoms with van der Waals surface area (Å²) in [6.07, 6.45) is 0. The molecule has 1 aromatic rings. The van der Waals surface area contributed by atoms with Crippen LogP contribution < -0.4 is 18.9 Å². The van der Waals surface area contributed by atoms with E-state index in [1.165, 1.54) is 0 Å². The Morgan fingerprint density at radius 1 is 1.45 bits per heavy atom. The second-order valence-corrected chi connectivity index (χ2v) is 3.47. The molecule has 0 radical (unpaired) electrons. The third kappa shape index (κ3) is 3.10. The molecule has 1 atom stereocenters. The molecular weight excluding hydrogens is 223 g/mol. The molecule has 0 spiro atoms. The predicted octanol–water partition coefficient (Wildman–Crippen LogP) is -0.854. The molecule has 0 saturated heterocycles. The first-order valence-corrected chi connectivity index (χ1v) is 4.47. The van der Waals surface area contributed by atoms with Crippen LogP contribution in [0, 0.1) is 0 Å². The van der Waals surface area contributed by atoms with Crippen molar-refractivity contribution in [2.45, 2.75) is 4.90 Å². The van der Waals surface area contributed by atoms with Gasteiger partial charge in [0.2, 0.25) is 0 Å². The molecule has 0 bridgehead atoms. The first kappa shape index (κ1) is 11.4. The maximum absolute atomic E-state index is 10.5. The van der Waals surface area contributed by atoms with Crippen molar-refractivity contribution >= 4 is 27.0 Å². The Morgan fingerprint density at radius 3 is 2.36 bits per heavy atom. The van der Waals surface area contributed by atoms with E-state index < -0.39 is 11.1 Å². The molecule has 0 heterocycles. The van der Waals surface area contributed by atoms with Crippen LogP contribution in [0.25, 0.3) is 0 Å². The molecule has 0 saturated carbocycles. The number of hydrogen-bond donors (Lipinski definition) is 1. The number of benzene rings is 1. The summed E-state index contributed by atoms with van der Waals surface area (Å²) >= 11 is 1.26. The van der Waals surface area contributed by atoms with Crippen molar-refractivity contribution in [1.82, 2.24) is 0 Å². The standard InChI is InChI=1S/C6H5BrO2S.Li.H/c7-5-3-1-2-4-6(5)10(8)9;;/h1-4H,(H,8,9);;/q;+1;-1. The predicted molar refractivity (Wildman–Crippen MR) is 44.3 cm³/mol. The third-order valence-electron chi connectivity index (χ3n) is 1.02. The molecular formula is C6H6BrLiO2S. The Hall–Kier alpha value is 0.407. The van der Waals surface area contributed by atoms with Crippen LogP contribution in [0.3, 0.4) is 0 Å². The van der Waals surface area contributed by atoms with Crippen LogP contribution in [0.15, 0.2) is 33.6 Å². The monoisotopic (exact) mass is 228 g/mol. The largest absolute Gasteiger partial charge is 1.00 e. The zero-order chi connectivity index (χ0) is 7.56. The van der Waals surface area contributed by atoms with Crippen molar-refractivity contribution in [3.05, 3.63) is 28.7 Å². The molecule has 1 N–H and O–H groups in total. The zero-order valence-corrected chi connectivity index (χ0v) is 8.35. The van der Waals surface area contributed by atoms with Gasteiger partial charge in [-0.15, -0.1) is 0 Å². The topological polar surface area (TPSA) is 37.3 Å². The number of halogens is 1. The van der Waals surface area contributed by atoms with Crippen LogP contribution in [0.4, 0.5) is 0 Å². The van der Waals surface area contributed by atoms with Gasteiger partial charge in [-0.3, -0.25) is 0 Å². The summed E-state index contributed by atoms with van der Waals surface area (Å²) in [6, 6.07) is 6.83. The first-order valence-electron chi connectivity index (χ1n) is 2.57. The average molecular weight is 229 g/mol. The van der Waals surface area contributed by atoms with E-state index in [0.717, 1.165) is 0 Å². The van der Waals surface area contributed by atoms with Gasteiger partial charge < -0.3 is 5.98 Å². The number of hydrogen-bond acceptors (Lipinski definition) is 1. The van der Waals surface area contributed by atoms with Crippen LogP contribution in [0.5, 0.6) is 0 Å². The fourth-order valence-corrected chi connectivity index (χ4v) is 1.72. The van der Waals surface area contributed by atoms with Crippen LogP contribution in [-0.2, 0) is 11.1 Å². The van der Waals surface area contributed by atoms with E-state index in [-0.39, 0.29) is 20.3 Å². The van der Waals surface area contributed by atoms with Crippen molar-refractivity contribution in [2.75, 3.05) is 0 Å². The van der Waals surface area contributed by atoms with Crippen LogP contribution in [-0.4, -0.2) is 8.76 Å². The second kappa shape index (κ2) is 5.12. The van der Waals surface area contributed by atoms with Crippen LogP contribution >= 0.6 is 15.9 Å². The molecule has 1 rings (SSSR count). The summed E-state index contributed by atoms with van der Waals surface area (Å²) in [5.41, 5.74) is 0. The van der Waals surface area contributed by atoms with Gasteiger partial charge in [-0.1, -0.05) is 12.1 Å². The molecule has 1 aromatic carbocycles. The van der Waals surface area contributed by atoms with Gasteiger partial charge >= 0.3 is 18.9 Å². The van der Waals surface area contributed by atoms with Gasteiger partial charge in [0.15, 0.2) is 11.1 Å². The summed E-state index contributed by atoms with van der Waals surface area (Å²) in [7, 11) is 0. The van der Waals surface area contributed by atoms with Crippen molar-refractivity contribution in [3.63, 3.8) is 0 Å². The Bertz CT molecular complexity index is 271. The number of rotatable bonds is 1. The molecule has 2 nitrogen and oxygen atoms in total. The minimum Gasteiger partial charge on any atom is -1.00 e. The summed E-state index contributed by atoms with van der Waals surface area (Å²) in [5, 5.41) is 0. The van der Waals surface area contributed by atoms with Gasteiger partial charge in [0.1, 0.15) is 0 Å². The van der Waals surface area contributed by atoms with Gasteiger partial charge in [-0.05, 0) is 28.1 Å². The fourth-order valence-electron chi connectivity index (χ4n) is 0.586. The van der Waals surface area contributed by atoms with Gasteiger partial charge in [-0.25, -0.2) is 4.21 Å². The second-order valence-electron chi connectivity index (χ2n) is 1.68. The first-order chi connectivity index (χ1) is 4.72. The zero-order valence-electron chi connectivity index (χ0n) is 6.95. The average Bonchev–Trinajstić information content (AvgIpc) is 1.88. The normalized spacial score (nSPS) is 11.8. The SMILES string of the molecule is O=S(O)c1ccccc1Br.[H-].[Li+]. The van der Waals surface area contributed by atoms with Gasteiger partial charge in [-0.2, -0.15) is 0 Å². The molecule has 5 heteroatoms. The summed E-state index contributed by atoms with van der Waals surface area (Å²) in [5.74, 6) is 0. The van der Waals surface area contributed by atoms with Gasteiger partial charge in [0.25, 0.3) is 0 Å². The molecule has 0 aliphatic heterocycles. The van der Waals surface area contributed by atoms with E-state index in [1.54, 1.807) is 24.3 Å². The summed E-state index contributed by atoms with van der Waals surface area (Å²) in [6.45, 7) is 0. The summed E-state index contributed by atoms with van der Waals surface area (Å²) < 4.78 is 19.8. The fraction of sp³-hybridized carbons (Fsp3) is 0. The Kier molecular flexibility index (Phi) is 5.31. The minimum absolute atomic E-state index is 0. The molecule has 0 aliphatic rings. The van der Waals surface area contributed by atoms with Crippen molar-refractivity contribution in [2.24, 2.45) is 0 Å². The third-order valence-corrected chi connectivity index (χ3v) is 2.71. The summed E-state index contributed by atoms with van der Waals surface area (Å²) in [4.78, 5) is 0.405. The Labute approximate surface area is 89.5 Å². The maximum atomic E-state index is 10.5. The molecule has 11 heavy (non-hydrogen) atoms. The van der Waals surface area contributed by atoms with E-state index in [0.29, 0.717) is 9.37 Å². The maximum Gasteiger partial charge on any atom is 1.00 e. The van der Waals surface area contributed by atoms with Gasteiger partial charge in [0, 0.05) is 4.47 Å². The Balaban J connectivity index is 0. The van der Waals surface area contributed by atoms with Gasteiger partial charge in [0.05, 0.1) is 4.90 Å². The quantitative estimate of drug-likeness (QED) is 0.503. The van der Waals surface area contributed by atoms with E-state index in [4.69, 9.17) is 4.55 Å². The van der Waals surface area contributed by atoms with Crippen molar-refractivity contribution < 1.29 is 29.0 Å². The Morgan fingerprint density at radius 2 is 2.00 bits per heavy atom. The molecule has 56 valence electrons. The minimum atomic E-state index is -1.89. The molecule has 0 aromatic heterocycles. The van der Waals surface area contributed by atoms with Crippen LogP contribution in [0.1, 0.15) is 1.43 Å². The van der Waals surface area contributed by atoms with Crippen LogP contribution in [0.2, 0.25) is 0 Å². The molecule has 0 amide bonds. The molecule has 0 aliphatic carbocycles. The van der Waals surface area contributed by atoms with E-state index >= 15 is 0 Å². The van der Waals surface area contributed by atoms with Crippen molar-refractivity contribution in [1.29, 1.82) is 0 Å². The van der Waals surface area contributed by atoms with E-state index in [2.05, 4.69) is 15.9 Å². The molecule has 0 fully saturated rings. The molecule has 1 unspecified atom stereocenters. The smallest absolute Gasteiger partial charge is 1.00 e. The van der Waals surface area contributed by atoms with Crippen molar-refractivity contribution in [3.8, 4) is 0 Å². The van der Waals surface area contributed by atoms with E-state index in [9.17, 15) is 4.21 Å².